The van der Waals surface area contributed by atoms with Gasteiger partial charge < -0.3 is 0 Å². The van der Waals surface area contributed by atoms with Crippen molar-refractivity contribution in [3.63, 3.8) is 0 Å². The van der Waals surface area contributed by atoms with E-state index < -0.39 is 0 Å². The molecule has 0 atom stereocenters. The Hall–Kier alpha value is -0.160. The second-order valence-corrected chi connectivity index (χ2v) is 6.87. The molecule has 0 radical (unpaired) electrons. The molecule has 1 aromatic carbocycles. The fraction of sp³-hybridized carbons (Fsp3) is 0.0833. The van der Waals surface area contributed by atoms with Gasteiger partial charge in [-0.1, -0.05) is 27.5 Å². The van der Waals surface area contributed by atoms with Gasteiger partial charge in [0.25, 0.3) is 0 Å². The Balaban J connectivity index is 2.47. The van der Waals surface area contributed by atoms with E-state index in [1.165, 1.54) is 11.3 Å². The summed E-state index contributed by atoms with van der Waals surface area (Å²) in [5.41, 5.74) is 0.589. The van der Waals surface area contributed by atoms with E-state index in [1.807, 2.05) is 13.0 Å². The summed E-state index contributed by atoms with van der Waals surface area (Å²) in [6.07, 6.45) is 0. The first kappa shape index (κ1) is 13.3. The van der Waals surface area contributed by atoms with Crippen LogP contribution >= 0.6 is 54.8 Å². The minimum absolute atomic E-state index is 0.0156. The summed E-state index contributed by atoms with van der Waals surface area (Å²) in [5.74, 6) is -0.0156. The van der Waals surface area contributed by atoms with Crippen molar-refractivity contribution in [1.29, 1.82) is 0 Å². The first-order valence-corrected chi connectivity index (χ1v) is 7.53. The zero-order chi connectivity index (χ0) is 12.6. The van der Waals surface area contributed by atoms with Gasteiger partial charge in [-0.2, -0.15) is 0 Å². The second-order valence-electron chi connectivity index (χ2n) is 3.47. The molecule has 0 amide bonds. The highest BCUT2D eigenvalue weighted by molar-refractivity contribution is 9.10. The Kier molecular flexibility index (Phi) is 4.08. The molecule has 17 heavy (non-hydrogen) atoms. The highest BCUT2D eigenvalue weighted by Crippen LogP contribution is 2.30. The molecule has 0 N–H and O–H groups in total. The zero-order valence-corrected chi connectivity index (χ0v) is 13.5. The van der Waals surface area contributed by atoms with Gasteiger partial charge in [0.15, 0.2) is 0 Å². The van der Waals surface area contributed by atoms with Gasteiger partial charge in [0.2, 0.25) is 5.78 Å². The summed E-state index contributed by atoms with van der Waals surface area (Å²) in [5, 5.41) is 0.559. The van der Waals surface area contributed by atoms with Crippen LogP contribution in [0.1, 0.15) is 20.1 Å². The molecular weight excluding hydrogens is 387 g/mol. The van der Waals surface area contributed by atoms with Crippen molar-refractivity contribution in [2.24, 2.45) is 0 Å². The summed E-state index contributed by atoms with van der Waals surface area (Å²) >= 11 is 14.2. The molecule has 2 rings (SSSR count). The third kappa shape index (κ3) is 2.81. The van der Waals surface area contributed by atoms with Crippen LogP contribution in [0, 0.1) is 6.92 Å². The van der Waals surface area contributed by atoms with E-state index in [2.05, 4.69) is 31.9 Å². The van der Waals surface area contributed by atoms with Gasteiger partial charge in [-0.25, -0.2) is 0 Å². The summed E-state index contributed by atoms with van der Waals surface area (Å²) in [4.78, 5) is 14.1. The molecule has 5 heteroatoms. The maximum Gasteiger partial charge on any atom is 0.204 e. The van der Waals surface area contributed by atoms with Gasteiger partial charge in [0, 0.05) is 24.4 Å². The molecule has 88 valence electrons. The molecule has 0 unspecified atom stereocenters. The molecule has 0 spiro atoms. The van der Waals surface area contributed by atoms with Crippen LogP contribution in [0.3, 0.4) is 0 Å². The maximum atomic E-state index is 12.3. The third-order valence-corrected chi connectivity index (χ3v) is 5.32. The first-order valence-electron chi connectivity index (χ1n) is 4.74. The number of carbonyl (C=O) groups is 1. The number of hydrogen-bond donors (Lipinski definition) is 0. The van der Waals surface area contributed by atoms with E-state index >= 15 is 0 Å². The van der Waals surface area contributed by atoms with Gasteiger partial charge in [-0.05, 0) is 47.1 Å². The topological polar surface area (TPSA) is 17.1 Å². The van der Waals surface area contributed by atoms with E-state index in [4.69, 9.17) is 11.6 Å². The van der Waals surface area contributed by atoms with E-state index in [9.17, 15) is 4.79 Å². The van der Waals surface area contributed by atoms with Gasteiger partial charge in [-0.3, -0.25) is 4.79 Å². The first-order chi connectivity index (χ1) is 7.99. The highest BCUT2D eigenvalue weighted by atomic mass is 79.9. The largest absolute Gasteiger partial charge is 0.288 e. The molecular formula is C12H7Br2ClOS. The van der Waals surface area contributed by atoms with Crippen molar-refractivity contribution in [3.8, 4) is 0 Å². The Labute approximate surface area is 125 Å². The number of ketones is 1. The molecule has 0 aliphatic rings. The maximum absolute atomic E-state index is 12.3. The minimum atomic E-state index is -0.0156. The molecule has 2 aromatic rings. The van der Waals surface area contributed by atoms with Gasteiger partial charge >= 0.3 is 0 Å². The van der Waals surface area contributed by atoms with Crippen LogP contribution in [0.5, 0.6) is 0 Å². The number of benzene rings is 1. The Morgan fingerprint density at radius 1 is 1.24 bits per heavy atom. The average Bonchev–Trinajstić information content (AvgIpc) is 2.62. The quantitative estimate of drug-likeness (QED) is 0.618. The van der Waals surface area contributed by atoms with Crippen LogP contribution < -0.4 is 0 Å². The van der Waals surface area contributed by atoms with Gasteiger partial charge in [0.05, 0.1) is 4.88 Å². The highest BCUT2D eigenvalue weighted by Gasteiger charge is 2.16. The average molecular weight is 395 g/mol. The summed E-state index contributed by atoms with van der Waals surface area (Å²) < 4.78 is 1.72. The molecule has 1 aromatic heterocycles. The molecule has 1 nitrogen and oxygen atoms in total. The van der Waals surface area contributed by atoms with E-state index in [-0.39, 0.29) is 5.78 Å². The summed E-state index contributed by atoms with van der Waals surface area (Å²) in [7, 11) is 0. The smallest absolute Gasteiger partial charge is 0.204 e. The van der Waals surface area contributed by atoms with Crippen LogP contribution in [0.15, 0.2) is 33.2 Å². The van der Waals surface area contributed by atoms with Crippen LogP contribution in [-0.4, -0.2) is 5.78 Å². The van der Waals surface area contributed by atoms with Crippen molar-refractivity contribution in [2.75, 3.05) is 0 Å². The van der Waals surface area contributed by atoms with Crippen LogP contribution in [0.4, 0.5) is 0 Å². The molecule has 0 aliphatic carbocycles. The molecule has 0 saturated heterocycles. The number of rotatable bonds is 2. The van der Waals surface area contributed by atoms with Crippen molar-refractivity contribution in [2.45, 2.75) is 6.92 Å². The lowest BCUT2D eigenvalue weighted by Gasteiger charge is -2.02. The Morgan fingerprint density at radius 3 is 2.53 bits per heavy atom. The standard InChI is InChI=1S/C12H7Br2ClOS/c1-6-10(14)5-11(17-6)12(16)8-4-7(15)2-3-9(8)13/h2-5H,1H3. The number of halogens is 3. The minimum Gasteiger partial charge on any atom is -0.288 e. The van der Waals surface area contributed by atoms with Gasteiger partial charge in [0.1, 0.15) is 0 Å². The Morgan fingerprint density at radius 2 is 1.94 bits per heavy atom. The number of carbonyl (C=O) groups excluding carboxylic acids is 1. The van der Waals surface area contributed by atoms with Crippen molar-refractivity contribution >= 4 is 60.6 Å². The molecule has 0 bridgehead atoms. The molecule has 0 aliphatic heterocycles. The lowest BCUT2D eigenvalue weighted by molar-refractivity contribution is 0.104. The van der Waals surface area contributed by atoms with E-state index in [0.29, 0.717) is 15.5 Å². The van der Waals surface area contributed by atoms with Crippen molar-refractivity contribution < 1.29 is 4.79 Å². The van der Waals surface area contributed by atoms with Crippen LogP contribution in [0.25, 0.3) is 0 Å². The monoisotopic (exact) mass is 392 g/mol. The summed E-state index contributed by atoms with van der Waals surface area (Å²) in [6.45, 7) is 1.97. The predicted molar refractivity (Wildman–Crippen MR) is 79.3 cm³/mol. The van der Waals surface area contributed by atoms with E-state index in [1.54, 1.807) is 18.2 Å². The predicted octanol–water partition coefficient (Wildman–Crippen LogP) is 5.47. The number of aryl methyl sites for hydroxylation is 1. The summed E-state index contributed by atoms with van der Waals surface area (Å²) in [6, 6.07) is 7.05. The fourth-order valence-electron chi connectivity index (χ4n) is 1.38. The lowest BCUT2D eigenvalue weighted by atomic mass is 10.1. The Bertz CT molecular complexity index is 573. The van der Waals surface area contributed by atoms with Crippen LogP contribution in [-0.2, 0) is 0 Å². The van der Waals surface area contributed by atoms with Crippen molar-refractivity contribution in [1.82, 2.24) is 0 Å². The SMILES string of the molecule is Cc1sc(C(=O)c2cc(Cl)ccc2Br)cc1Br. The zero-order valence-electron chi connectivity index (χ0n) is 8.76. The van der Waals surface area contributed by atoms with Crippen molar-refractivity contribution in [3.05, 3.63) is 53.6 Å². The van der Waals surface area contributed by atoms with Crippen LogP contribution in [0.2, 0.25) is 5.02 Å². The lowest BCUT2D eigenvalue weighted by Crippen LogP contribution is -1.99. The molecule has 1 heterocycles. The molecule has 0 saturated carbocycles. The fourth-order valence-corrected chi connectivity index (χ4v) is 3.46. The van der Waals surface area contributed by atoms with E-state index in [0.717, 1.165) is 13.8 Å². The number of thiophene rings is 1. The van der Waals surface area contributed by atoms with Gasteiger partial charge in [-0.15, -0.1) is 11.3 Å². The third-order valence-electron chi connectivity index (χ3n) is 2.25. The normalized spacial score (nSPS) is 10.6. The second kappa shape index (κ2) is 5.22. The number of hydrogen-bond acceptors (Lipinski definition) is 2. The molecule has 0 fully saturated rings.